The highest BCUT2D eigenvalue weighted by Gasteiger charge is 2.07. The van der Waals surface area contributed by atoms with Gasteiger partial charge in [-0.15, -0.1) is 11.3 Å². The van der Waals surface area contributed by atoms with E-state index in [0.29, 0.717) is 16.3 Å². The lowest BCUT2D eigenvalue weighted by Crippen LogP contribution is -2.13. The fourth-order valence-corrected chi connectivity index (χ4v) is 2.23. The van der Waals surface area contributed by atoms with Crippen molar-refractivity contribution in [2.24, 2.45) is 0 Å². The van der Waals surface area contributed by atoms with Crippen molar-refractivity contribution >= 4 is 50.5 Å². The third-order valence-electron chi connectivity index (χ3n) is 2.27. The summed E-state index contributed by atoms with van der Waals surface area (Å²) in [6.45, 7) is 0. The molecule has 0 spiro atoms. The number of halogens is 1. The van der Waals surface area contributed by atoms with Crippen molar-refractivity contribution in [3.05, 3.63) is 46.7 Å². The summed E-state index contributed by atoms with van der Waals surface area (Å²) < 4.78 is 0. The van der Waals surface area contributed by atoms with Crippen LogP contribution in [0.3, 0.4) is 0 Å². The second-order valence-electron chi connectivity index (χ2n) is 3.69. The molecule has 0 fully saturated rings. The van der Waals surface area contributed by atoms with Crippen molar-refractivity contribution < 1.29 is 9.59 Å². The van der Waals surface area contributed by atoms with Gasteiger partial charge >= 0.3 is 0 Å². The number of alkyl halides is 1. The zero-order valence-corrected chi connectivity index (χ0v) is 12.3. The van der Waals surface area contributed by atoms with Crippen molar-refractivity contribution in [2.45, 2.75) is 0 Å². The summed E-state index contributed by atoms with van der Waals surface area (Å²) in [5.74, 6) is -0.291. The van der Waals surface area contributed by atoms with Crippen LogP contribution in [0.5, 0.6) is 0 Å². The SMILES string of the molecule is O=C(CBr)Nc1cccc(NC(=O)c2cccs2)c1. The van der Waals surface area contributed by atoms with E-state index in [9.17, 15) is 9.59 Å². The molecular formula is C13H11BrN2O2S. The topological polar surface area (TPSA) is 58.2 Å². The number of hydrogen-bond donors (Lipinski definition) is 2. The Labute approximate surface area is 123 Å². The molecule has 98 valence electrons. The summed E-state index contributed by atoms with van der Waals surface area (Å²) in [6.07, 6.45) is 0. The Morgan fingerprint density at radius 3 is 2.47 bits per heavy atom. The maximum Gasteiger partial charge on any atom is 0.265 e. The van der Waals surface area contributed by atoms with E-state index in [-0.39, 0.29) is 17.1 Å². The van der Waals surface area contributed by atoms with Crippen LogP contribution in [0.15, 0.2) is 41.8 Å². The van der Waals surface area contributed by atoms with Crippen LogP contribution in [-0.2, 0) is 4.79 Å². The van der Waals surface area contributed by atoms with E-state index in [0.717, 1.165) is 0 Å². The minimum absolute atomic E-state index is 0.137. The predicted octanol–water partition coefficient (Wildman–Crippen LogP) is 3.33. The zero-order valence-electron chi connectivity index (χ0n) is 9.85. The van der Waals surface area contributed by atoms with Gasteiger partial charge in [0.1, 0.15) is 0 Å². The molecule has 0 aliphatic heterocycles. The van der Waals surface area contributed by atoms with Crippen molar-refractivity contribution in [3.63, 3.8) is 0 Å². The first-order valence-electron chi connectivity index (χ1n) is 5.50. The molecule has 4 nitrogen and oxygen atoms in total. The number of amides is 2. The average molecular weight is 339 g/mol. The number of benzene rings is 1. The van der Waals surface area contributed by atoms with Crippen LogP contribution in [-0.4, -0.2) is 17.1 Å². The second kappa shape index (κ2) is 6.49. The Kier molecular flexibility index (Phi) is 4.70. The number of rotatable bonds is 4. The Morgan fingerprint density at radius 1 is 1.11 bits per heavy atom. The molecule has 6 heteroatoms. The number of thiophene rings is 1. The van der Waals surface area contributed by atoms with Crippen LogP contribution >= 0.6 is 27.3 Å². The first-order chi connectivity index (χ1) is 9.19. The highest BCUT2D eigenvalue weighted by Crippen LogP contribution is 2.17. The molecule has 0 saturated heterocycles. The van der Waals surface area contributed by atoms with Crippen LogP contribution in [0.1, 0.15) is 9.67 Å². The van der Waals surface area contributed by atoms with Gasteiger partial charge in [-0.05, 0) is 29.6 Å². The quantitative estimate of drug-likeness (QED) is 0.840. The minimum Gasteiger partial charge on any atom is -0.325 e. The number of hydrogen-bond acceptors (Lipinski definition) is 3. The molecule has 0 aliphatic carbocycles. The molecule has 2 rings (SSSR count). The summed E-state index contributed by atoms with van der Waals surface area (Å²) in [4.78, 5) is 23.8. The highest BCUT2D eigenvalue weighted by molar-refractivity contribution is 9.09. The Morgan fingerprint density at radius 2 is 1.84 bits per heavy atom. The van der Waals surface area contributed by atoms with Crippen molar-refractivity contribution in [1.82, 2.24) is 0 Å². The Bertz CT molecular complexity index is 584. The first kappa shape index (κ1) is 13.8. The predicted molar refractivity (Wildman–Crippen MR) is 81.1 cm³/mol. The second-order valence-corrected chi connectivity index (χ2v) is 5.20. The molecule has 2 N–H and O–H groups in total. The summed E-state index contributed by atoms with van der Waals surface area (Å²) in [5.41, 5.74) is 1.29. The molecule has 2 amide bonds. The molecule has 19 heavy (non-hydrogen) atoms. The third-order valence-corrected chi connectivity index (χ3v) is 3.65. The molecule has 0 aliphatic rings. The largest absolute Gasteiger partial charge is 0.325 e. The molecule has 0 atom stereocenters. The maximum atomic E-state index is 11.9. The molecule has 1 aromatic heterocycles. The van der Waals surface area contributed by atoms with Crippen LogP contribution in [0, 0.1) is 0 Å². The number of carbonyl (C=O) groups is 2. The average Bonchev–Trinajstić information content (AvgIpc) is 2.93. The third kappa shape index (κ3) is 3.90. The van der Waals surface area contributed by atoms with Gasteiger partial charge in [-0.2, -0.15) is 0 Å². The highest BCUT2D eigenvalue weighted by atomic mass is 79.9. The van der Waals surface area contributed by atoms with E-state index in [1.165, 1.54) is 11.3 Å². The summed E-state index contributed by atoms with van der Waals surface area (Å²) >= 11 is 4.46. The molecule has 0 unspecified atom stereocenters. The number of anilines is 2. The summed E-state index contributed by atoms with van der Waals surface area (Å²) in [6, 6.07) is 10.6. The summed E-state index contributed by atoms with van der Waals surface area (Å²) in [5, 5.41) is 7.57. The van der Waals surface area contributed by atoms with Gasteiger partial charge in [0, 0.05) is 11.4 Å². The van der Waals surface area contributed by atoms with Gasteiger partial charge in [-0.3, -0.25) is 9.59 Å². The Hall–Kier alpha value is -1.66. The van der Waals surface area contributed by atoms with Crippen LogP contribution in [0.2, 0.25) is 0 Å². The molecule has 0 saturated carbocycles. The van der Waals surface area contributed by atoms with Gasteiger partial charge in [0.2, 0.25) is 5.91 Å². The van der Waals surface area contributed by atoms with E-state index in [4.69, 9.17) is 0 Å². The van der Waals surface area contributed by atoms with E-state index in [1.807, 2.05) is 11.4 Å². The fraction of sp³-hybridized carbons (Fsp3) is 0.0769. The lowest BCUT2D eigenvalue weighted by molar-refractivity contribution is -0.113. The van der Waals surface area contributed by atoms with E-state index < -0.39 is 0 Å². The van der Waals surface area contributed by atoms with Crippen molar-refractivity contribution in [3.8, 4) is 0 Å². The normalized spacial score (nSPS) is 9.95. The van der Waals surface area contributed by atoms with E-state index >= 15 is 0 Å². The van der Waals surface area contributed by atoms with Crippen molar-refractivity contribution in [2.75, 3.05) is 16.0 Å². The molecular weight excluding hydrogens is 328 g/mol. The molecule has 1 heterocycles. The monoisotopic (exact) mass is 338 g/mol. The Balaban J connectivity index is 2.07. The van der Waals surface area contributed by atoms with Gasteiger partial charge < -0.3 is 10.6 Å². The lowest BCUT2D eigenvalue weighted by Gasteiger charge is -2.07. The fourth-order valence-electron chi connectivity index (χ4n) is 1.47. The standard InChI is InChI=1S/C13H11BrN2O2S/c14-8-12(17)15-9-3-1-4-10(7-9)16-13(18)11-5-2-6-19-11/h1-7H,8H2,(H,15,17)(H,16,18). The van der Waals surface area contributed by atoms with Gasteiger partial charge in [-0.1, -0.05) is 28.1 Å². The van der Waals surface area contributed by atoms with Gasteiger partial charge in [0.25, 0.3) is 5.91 Å². The van der Waals surface area contributed by atoms with E-state index in [2.05, 4.69) is 26.6 Å². The summed E-state index contributed by atoms with van der Waals surface area (Å²) in [7, 11) is 0. The number of nitrogens with one attached hydrogen (secondary N) is 2. The molecule has 0 radical (unpaired) electrons. The van der Waals surface area contributed by atoms with Gasteiger partial charge in [0.15, 0.2) is 0 Å². The van der Waals surface area contributed by atoms with Gasteiger partial charge in [0.05, 0.1) is 10.2 Å². The maximum absolute atomic E-state index is 11.9. The molecule has 1 aromatic carbocycles. The van der Waals surface area contributed by atoms with Crippen LogP contribution in [0.4, 0.5) is 11.4 Å². The first-order valence-corrected chi connectivity index (χ1v) is 7.50. The lowest BCUT2D eigenvalue weighted by atomic mass is 10.2. The van der Waals surface area contributed by atoms with Crippen molar-refractivity contribution in [1.29, 1.82) is 0 Å². The number of carbonyl (C=O) groups excluding carboxylic acids is 2. The van der Waals surface area contributed by atoms with Crippen LogP contribution in [0.25, 0.3) is 0 Å². The molecule has 2 aromatic rings. The molecule has 0 bridgehead atoms. The van der Waals surface area contributed by atoms with E-state index in [1.54, 1.807) is 30.3 Å². The smallest absolute Gasteiger partial charge is 0.265 e. The van der Waals surface area contributed by atoms with Gasteiger partial charge in [-0.25, -0.2) is 0 Å². The zero-order chi connectivity index (χ0) is 13.7. The minimum atomic E-state index is -0.154. The van der Waals surface area contributed by atoms with Crippen LogP contribution < -0.4 is 10.6 Å².